The molecule has 0 bridgehead atoms. The second-order valence-electron chi connectivity index (χ2n) is 3.27. The highest BCUT2D eigenvalue weighted by molar-refractivity contribution is 14.1. The van der Waals surface area contributed by atoms with E-state index in [-0.39, 0.29) is 18.3 Å². The third-order valence-corrected chi connectivity index (χ3v) is 2.91. The van der Waals surface area contributed by atoms with Gasteiger partial charge in [0.25, 0.3) is 5.91 Å². The van der Waals surface area contributed by atoms with Crippen LogP contribution in [0.4, 0.5) is 0 Å². The first-order valence-corrected chi connectivity index (χ1v) is 5.69. The van der Waals surface area contributed by atoms with Crippen LogP contribution in [-0.2, 0) is 0 Å². The van der Waals surface area contributed by atoms with Crippen LogP contribution in [0.1, 0.15) is 10.5 Å². The average molecular weight is 342 g/mol. The van der Waals surface area contributed by atoms with Crippen molar-refractivity contribution in [2.75, 3.05) is 26.2 Å². The molecule has 0 radical (unpaired) electrons. The van der Waals surface area contributed by atoms with Gasteiger partial charge in [-0.3, -0.25) is 4.79 Å². The zero-order valence-electron chi connectivity index (χ0n) is 8.12. The van der Waals surface area contributed by atoms with Gasteiger partial charge in [-0.15, -0.1) is 12.4 Å². The van der Waals surface area contributed by atoms with Crippen molar-refractivity contribution in [2.45, 2.75) is 0 Å². The van der Waals surface area contributed by atoms with Crippen molar-refractivity contribution in [1.82, 2.24) is 15.2 Å². The Bertz CT molecular complexity index is 336. The SMILES string of the molecule is Cl.O=C(c1cc(I)c[nH]1)N1CCNCC1. The van der Waals surface area contributed by atoms with E-state index in [1.807, 2.05) is 17.2 Å². The number of rotatable bonds is 1. The van der Waals surface area contributed by atoms with E-state index in [9.17, 15) is 4.79 Å². The van der Waals surface area contributed by atoms with Gasteiger partial charge in [-0.05, 0) is 28.7 Å². The summed E-state index contributed by atoms with van der Waals surface area (Å²) in [5.74, 6) is 0.106. The van der Waals surface area contributed by atoms with Crippen LogP contribution in [0.2, 0.25) is 0 Å². The summed E-state index contributed by atoms with van der Waals surface area (Å²) in [6.45, 7) is 3.38. The Balaban J connectivity index is 0.00000112. The highest BCUT2D eigenvalue weighted by Gasteiger charge is 2.18. The van der Waals surface area contributed by atoms with Crippen LogP contribution in [0.15, 0.2) is 12.3 Å². The number of hydrogen-bond donors (Lipinski definition) is 2. The van der Waals surface area contributed by atoms with E-state index in [1.54, 1.807) is 0 Å². The van der Waals surface area contributed by atoms with Crippen LogP contribution >= 0.6 is 35.0 Å². The van der Waals surface area contributed by atoms with E-state index < -0.39 is 0 Å². The fourth-order valence-corrected chi connectivity index (χ4v) is 2.00. The largest absolute Gasteiger partial charge is 0.356 e. The molecule has 84 valence electrons. The molecule has 2 rings (SSSR count). The average Bonchev–Trinajstić information content (AvgIpc) is 2.65. The van der Waals surface area contributed by atoms with E-state index in [0.29, 0.717) is 5.69 Å². The second kappa shape index (κ2) is 5.72. The van der Waals surface area contributed by atoms with Gasteiger partial charge in [0.05, 0.1) is 0 Å². The molecule has 1 saturated heterocycles. The minimum absolute atomic E-state index is 0. The molecule has 1 amide bonds. The van der Waals surface area contributed by atoms with Gasteiger partial charge < -0.3 is 15.2 Å². The van der Waals surface area contributed by atoms with Crippen LogP contribution in [0.3, 0.4) is 0 Å². The number of aromatic nitrogens is 1. The number of carbonyl (C=O) groups is 1. The Morgan fingerprint density at radius 2 is 2.07 bits per heavy atom. The quantitative estimate of drug-likeness (QED) is 0.751. The normalized spacial score (nSPS) is 15.9. The molecule has 1 aromatic heterocycles. The highest BCUT2D eigenvalue weighted by atomic mass is 127. The highest BCUT2D eigenvalue weighted by Crippen LogP contribution is 2.09. The lowest BCUT2D eigenvalue weighted by Gasteiger charge is -2.26. The first-order chi connectivity index (χ1) is 6.77. The third kappa shape index (κ3) is 3.09. The topological polar surface area (TPSA) is 48.1 Å². The first kappa shape index (κ1) is 12.8. The summed E-state index contributed by atoms with van der Waals surface area (Å²) in [6.07, 6.45) is 1.84. The monoisotopic (exact) mass is 341 g/mol. The number of carbonyl (C=O) groups excluding carboxylic acids is 1. The minimum Gasteiger partial charge on any atom is -0.356 e. The van der Waals surface area contributed by atoms with Crippen molar-refractivity contribution in [3.63, 3.8) is 0 Å². The molecule has 0 saturated carbocycles. The molecule has 2 heterocycles. The number of H-pyrrole nitrogens is 1. The Hall–Kier alpha value is -0.270. The number of amides is 1. The molecule has 0 unspecified atom stereocenters. The van der Waals surface area contributed by atoms with Crippen molar-refractivity contribution >= 4 is 40.9 Å². The minimum atomic E-state index is 0. The molecule has 15 heavy (non-hydrogen) atoms. The molecular formula is C9H13ClIN3O. The number of nitrogens with zero attached hydrogens (tertiary/aromatic N) is 1. The van der Waals surface area contributed by atoms with Crippen molar-refractivity contribution in [3.05, 3.63) is 21.5 Å². The fourth-order valence-electron chi connectivity index (χ4n) is 1.53. The molecular weight excluding hydrogens is 328 g/mol. The maximum absolute atomic E-state index is 11.9. The summed E-state index contributed by atoms with van der Waals surface area (Å²) in [5.41, 5.74) is 0.691. The molecule has 0 atom stereocenters. The maximum Gasteiger partial charge on any atom is 0.270 e. The molecule has 4 nitrogen and oxygen atoms in total. The van der Waals surface area contributed by atoms with Gasteiger partial charge in [0.1, 0.15) is 5.69 Å². The van der Waals surface area contributed by atoms with Crippen molar-refractivity contribution in [3.8, 4) is 0 Å². The lowest BCUT2D eigenvalue weighted by molar-refractivity contribution is 0.0730. The van der Waals surface area contributed by atoms with Crippen LogP contribution in [0.25, 0.3) is 0 Å². The fraction of sp³-hybridized carbons (Fsp3) is 0.444. The Kier molecular flexibility index (Phi) is 4.88. The molecule has 1 fully saturated rings. The molecule has 0 aliphatic carbocycles. The van der Waals surface area contributed by atoms with Crippen molar-refractivity contribution in [1.29, 1.82) is 0 Å². The predicted octanol–water partition coefficient (Wildman–Crippen LogP) is 1.09. The number of hydrogen-bond acceptors (Lipinski definition) is 2. The van der Waals surface area contributed by atoms with Crippen molar-refractivity contribution < 1.29 is 4.79 Å². The first-order valence-electron chi connectivity index (χ1n) is 4.61. The van der Waals surface area contributed by atoms with E-state index in [1.165, 1.54) is 0 Å². The van der Waals surface area contributed by atoms with Gasteiger partial charge in [-0.25, -0.2) is 0 Å². The smallest absolute Gasteiger partial charge is 0.270 e. The van der Waals surface area contributed by atoms with Gasteiger partial charge in [0.15, 0.2) is 0 Å². The lowest BCUT2D eigenvalue weighted by Crippen LogP contribution is -2.46. The molecule has 1 aliphatic rings. The van der Waals surface area contributed by atoms with E-state index in [4.69, 9.17) is 0 Å². The van der Waals surface area contributed by atoms with E-state index in [0.717, 1.165) is 29.7 Å². The molecule has 0 aromatic carbocycles. The van der Waals surface area contributed by atoms with Gasteiger partial charge in [0, 0.05) is 35.9 Å². The van der Waals surface area contributed by atoms with Crippen LogP contribution < -0.4 is 5.32 Å². The summed E-state index contributed by atoms with van der Waals surface area (Å²) < 4.78 is 1.07. The van der Waals surface area contributed by atoms with Crippen LogP contribution in [-0.4, -0.2) is 42.0 Å². The second-order valence-corrected chi connectivity index (χ2v) is 4.52. The van der Waals surface area contributed by atoms with Gasteiger partial charge in [0.2, 0.25) is 0 Å². The van der Waals surface area contributed by atoms with Crippen LogP contribution in [0.5, 0.6) is 0 Å². The predicted molar refractivity (Wildman–Crippen MR) is 69.5 cm³/mol. The van der Waals surface area contributed by atoms with Crippen LogP contribution in [0, 0.1) is 3.57 Å². The molecule has 0 spiro atoms. The summed E-state index contributed by atoms with van der Waals surface area (Å²) in [6, 6.07) is 1.88. The summed E-state index contributed by atoms with van der Waals surface area (Å²) in [7, 11) is 0. The van der Waals surface area contributed by atoms with Crippen molar-refractivity contribution in [2.24, 2.45) is 0 Å². The number of halogens is 2. The maximum atomic E-state index is 11.9. The van der Waals surface area contributed by atoms with E-state index >= 15 is 0 Å². The van der Waals surface area contributed by atoms with Gasteiger partial charge >= 0.3 is 0 Å². The molecule has 1 aliphatic heterocycles. The zero-order valence-corrected chi connectivity index (χ0v) is 11.1. The summed E-state index contributed by atoms with van der Waals surface area (Å²) in [4.78, 5) is 16.7. The third-order valence-electron chi connectivity index (χ3n) is 2.28. The lowest BCUT2D eigenvalue weighted by atomic mass is 10.3. The van der Waals surface area contributed by atoms with Gasteiger partial charge in [-0.1, -0.05) is 0 Å². The standard InChI is InChI=1S/C9H12IN3O.ClH/c10-7-5-8(12-6-7)9(14)13-3-1-11-2-4-13;/h5-6,11-12H,1-4H2;1H. The number of aromatic amines is 1. The zero-order chi connectivity index (χ0) is 9.97. The molecule has 2 N–H and O–H groups in total. The Morgan fingerprint density at radius 3 is 2.60 bits per heavy atom. The number of piperazine rings is 1. The molecule has 1 aromatic rings. The van der Waals surface area contributed by atoms with E-state index in [2.05, 4.69) is 32.9 Å². The Morgan fingerprint density at radius 1 is 1.40 bits per heavy atom. The molecule has 6 heteroatoms. The number of nitrogens with one attached hydrogen (secondary N) is 2. The Labute approximate surface area is 108 Å². The summed E-state index contributed by atoms with van der Waals surface area (Å²) in [5, 5.41) is 3.22. The summed E-state index contributed by atoms with van der Waals surface area (Å²) >= 11 is 2.19. The van der Waals surface area contributed by atoms with Gasteiger partial charge in [-0.2, -0.15) is 0 Å².